The molecule has 0 bridgehead atoms. The molecule has 0 unspecified atom stereocenters. The molecule has 1 aromatic rings. The van der Waals surface area contributed by atoms with Crippen molar-refractivity contribution in [3.8, 4) is 0 Å². The first-order valence-electron chi connectivity index (χ1n) is 5.50. The Balaban J connectivity index is 4.47. The summed E-state index contributed by atoms with van der Waals surface area (Å²) in [5.41, 5.74) is -16.2. The molecule has 0 aromatic heterocycles. The van der Waals surface area contributed by atoms with Crippen molar-refractivity contribution >= 4 is 11.9 Å². The first-order chi connectivity index (χ1) is 10.9. The molecule has 25 heavy (non-hydrogen) atoms. The van der Waals surface area contributed by atoms with E-state index in [2.05, 4.69) is 0 Å². The SMILES string of the molecule is O=C(O)c1c(F)c(C(F)(F)F)c(C(F)(F)F)c(C(F)(F)F)c1C(=O)O. The number of aromatic carboxylic acids is 2. The van der Waals surface area contributed by atoms with E-state index in [1.165, 1.54) is 0 Å². The van der Waals surface area contributed by atoms with Gasteiger partial charge in [0.1, 0.15) is 11.1 Å². The Bertz CT molecular complexity index is 741. The third-order valence-electron chi connectivity index (χ3n) is 2.72. The quantitative estimate of drug-likeness (QED) is 0.742. The van der Waals surface area contributed by atoms with Gasteiger partial charge in [-0.15, -0.1) is 0 Å². The molecule has 0 saturated carbocycles. The van der Waals surface area contributed by atoms with Crippen LogP contribution in [0.25, 0.3) is 0 Å². The second-order valence-electron chi connectivity index (χ2n) is 4.29. The largest absolute Gasteiger partial charge is 0.478 e. The van der Waals surface area contributed by atoms with Crippen LogP contribution in [0, 0.1) is 5.82 Å². The maximum Gasteiger partial charge on any atom is 0.419 e. The van der Waals surface area contributed by atoms with Crippen LogP contribution in [0.4, 0.5) is 43.9 Å². The average Bonchev–Trinajstić information content (AvgIpc) is 2.31. The summed E-state index contributed by atoms with van der Waals surface area (Å²) in [6, 6.07) is 0. The van der Waals surface area contributed by atoms with Gasteiger partial charge in [-0.3, -0.25) is 0 Å². The lowest BCUT2D eigenvalue weighted by Gasteiger charge is -2.24. The van der Waals surface area contributed by atoms with Crippen LogP contribution in [0.1, 0.15) is 37.4 Å². The standard InChI is InChI=1S/C11H2F10O4/c12-6-2(8(24)25)1(7(22)23)3(9(13,14)15)4(10(16,17)18)5(6)11(19,20)21/h(H,22,23)(H,24,25). The highest BCUT2D eigenvalue weighted by Crippen LogP contribution is 2.50. The van der Waals surface area contributed by atoms with Crippen molar-refractivity contribution in [3.63, 3.8) is 0 Å². The summed E-state index contributed by atoms with van der Waals surface area (Å²) >= 11 is 0. The first kappa shape index (κ1) is 20.5. The molecule has 2 N–H and O–H groups in total. The van der Waals surface area contributed by atoms with Crippen LogP contribution in [-0.4, -0.2) is 22.2 Å². The molecular weight excluding hydrogens is 386 g/mol. The lowest BCUT2D eigenvalue weighted by Crippen LogP contribution is -2.30. The summed E-state index contributed by atoms with van der Waals surface area (Å²) < 4.78 is 129. The van der Waals surface area contributed by atoms with E-state index in [0.717, 1.165) is 0 Å². The summed E-state index contributed by atoms with van der Waals surface area (Å²) in [4.78, 5) is 21.6. The fourth-order valence-corrected chi connectivity index (χ4v) is 1.97. The van der Waals surface area contributed by atoms with Gasteiger partial charge in [-0.1, -0.05) is 0 Å². The lowest BCUT2D eigenvalue weighted by molar-refractivity contribution is -0.176. The maximum atomic E-state index is 13.8. The number of carboxylic acids is 2. The van der Waals surface area contributed by atoms with Crippen molar-refractivity contribution in [1.82, 2.24) is 0 Å². The Kier molecular flexibility index (Phi) is 4.73. The number of hydrogen-bond donors (Lipinski definition) is 2. The minimum atomic E-state index is -6.50. The van der Waals surface area contributed by atoms with Crippen molar-refractivity contribution in [2.45, 2.75) is 18.5 Å². The van der Waals surface area contributed by atoms with E-state index in [-0.39, 0.29) is 0 Å². The summed E-state index contributed by atoms with van der Waals surface area (Å²) in [6.07, 6.45) is -19.3. The van der Waals surface area contributed by atoms with E-state index in [4.69, 9.17) is 10.2 Å². The van der Waals surface area contributed by atoms with Crippen LogP contribution in [0.2, 0.25) is 0 Å². The fraction of sp³-hybridized carbons (Fsp3) is 0.273. The molecule has 0 radical (unpaired) electrons. The molecule has 14 heteroatoms. The predicted octanol–water partition coefficient (Wildman–Crippen LogP) is 4.28. The predicted molar refractivity (Wildman–Crippen MR) is 55.3 cm³/mol. The Labute approximate surface area is 129 Å². The van der Waals surface area contributed by atoms with Gasteiger partial charge in [0.05, 0.1) is 16.7 Å². The molecular formula is C11H2F10O4. The fourth-order valence-electron chi connectivity index (χ4n) is 1.97. The normalized spacial score (nSPS) is 13.0. The average molecular weight is 388 g/mol. The smallest absolute Gasteiger partial charge is 0.419 e. The highest BCUT2D eigenvalue weighted by Gasteiger charge is 2.55. The number of hydrogen-bond acceptors (Lipinski definition) is 2. The molecule has 1 rings (SSSR count). The highest BCUT2D eigenvalue weighted by molar-refractivity contribution is 6.04. The Hall–Kier alpha value is -2.54. The highest BCUT2D eigenvalue weighted by atomic mass is 19.4. The minimum Gasteiger partial charge on any atom is -0.478 e. The zero-order valence-corrected chi connectivity index (χ0v) is 11.0. The summed E-state index contributed by atoms with van der Waals surface area (Å²) in [5, 5.41) is 17.1. The van der Waals surface area contributed by atoms with Crippen LogP contribution in [-0.2, 0) is 18.5 Å². The summed E-state index contributed by atoms with van der Waals surface area (Å²) in [5.74, 6) is -9.24. The molecule has 0 saturated heterocycles. The Morgan fingerprint density at radius 1 is 0.600 bits per heavy atom. The van der Waals surface area contributed by atoms with Crippen molar-refractivity contribution in [2.75, 3.05) is 0 Å². The van der Waals surface area contributed by atoms with Crippen LogP contribution >= 0.6 is 0 Å². The van der Waals surface area contributed by atoms with Crippen molar-refractivity contribution < 1.29 is 63.7 Å². The van der Waals surface area contributed by atoms with Gasteiger partial charge in [-0.05, 0) is 0 Å². The molecule has 0 atom stereocenters. The maximum absolute atomic E-state index is 13.8. The second-order valence-corrected chi connectivity index (χ2v) is 4.29. The lowest BCUT2D eigenvalue weighted by atomic mass is 9.89. The second kappa shape index (κ2) is 5.77. The van der Waals surface area contributed by atoms with E-state index in [1.807, 2.05) is 0 Å². The van der Waals surface area contributed by atoms with E-state index in [1.54, 1.807) is 0 Å². The summed E-state index contributed by atoms with van der Waals surface area (Å²) in [6.45, 7) is 0. The van der Waals surface area contributed by atoms with Gasteiger partial charge in [0.25, 0.3) is 0 Å². The zero-order valence-electron chi connectivity index (χ0n) is 11.0. The Morgan fingerprint density at radius 3 is 1.16 bits per heavy atom. The van der Waals surface area contributed by atoms with Gasteiger partial charge in [-0.25, -0.2) is 14.0 Å². The van der Waals surface area contributed by atoms with Gasteiger partial charge in [0.15, 0.2) is 5.82 Å². The molecule has 0 spiro atoms. The van der Waals surface area contributed by atoms with Gasteiger partial charge >= 0.3 is 30.5 Å². The van der Waals surface area contributed by atoms with Crippen LogP contribution in [0.3, 0.4) is 0 Å². The van der Waals surface area contributed by atoms with Crippen molar-refractivity contribution in [1.29, 1.82) is 0 Å². The van der Waals surface area contributed by atoms with Crippen LogP contribution in [0.15, 0.2) is 0 Å². The molecule has 1 aromatic carbocycles. The number of benzene rings is 1. The number of halogens is 10. The molecule has 0 aliphatic heterocycles. The molecule has 0 aliphatic carbocycles. The first-order valence-corrected chi connectivity index (χ1v) is 5.50. The molecule has 0 heterocycles. The van der Waals surface area contributed by atoms with Crippen molar-refractivity contribution in [3.05, 3.63) is 33.6 Å². The van der Waals surface area contributed by atoms with E-state index in [9.17, 15) is 53.5 Å². The summed E-state index contributed by atoms with van der Waals surface area (Å²) in [7, 11) is 0. The van der Waals surface area contributed by atoms with Gasteiger partial charge in [0.2, 0.25) is 0 Å². The van der Waals surface area contributed by atoms with Gasteiger partial charge < -0.3 is 10.2 Å². The van der Waals surface area contributed by atoms with Crippen LogP contribution < -0.4 is 0 Å². The van der Waals surface area contributed by atoms with E-state index < -0.39 is 64.1 Å². The Morgan fingerprint density at radius 2 is 0.920 bits per heavy atom. The molecule has 0 fully saturated rings. The van der Waals surface area contributed by atoms with E-state index >= 15 is 0 Å². The molecule has 0 amide bonds. The van der Waals surface area contributed by atoms with Crippen molar-refractivity contribution in [2.24, 2.45) is 0 Å². The van der Waals surface area contributed by atoms with E-state index in [0.29, 0.717) is 0 Å². The number of carboxylic acid groups (broad SMARTS) is 2. The molecule has 0 aliphatic rings. The number of carbonyl (C=O) groups is 2. The molecule has 140 valence electrons. The minimum absolute atomic E-state index is 2.69. The van der Waals surface area contributed by atoms with Crippen LogP contribution in [0.5, 0.6) is 0 Å². The molecule has 4 nitrogen and oxygen atoms in total. The van der Waals surface area contributed by atoms with Gasteiger partial charge in [0, 0.05) is 0 Å². The monoisotopic (exact) mass is 388 g/mol. The third-order valence-corrected chi connectivity index (χ3v) is 2.72. The topological polar surface area (TPSA) is 74.6 Å². The third kappa shape index (κ3) is 3.61. The zero-order chi connectivity index (χ0) is 20.1. The number of alkyl halides is 9. The number of rotatable bonds is 2. The van der Waals surface area contributed by atoms with Gasteiger partial charge in [-0.2, -0.15) is 39.5 Å².